The fraction of sp³-hybridized carbons (Fsp3) is 0.370. The van der Waals surface area contributed by atoms with E-state index < -0.39 is 0 Å². The molecule has 0 radical (unpaired) electrons. The van der Waals surface area contributed by atoms with Crippen LogP contribution in [0.5, 0.6) is 0 Å². The van der Waals surface area contributed by atoms with Gasteiger partial charge in [-0.1, -0.05) is 67.9 Å². The van der Waals surface area contributed by atoms with E-state index in [4.69, 9.17) is 0 Å². The molecule has 166 valence electrons. The molecule has 1 aliphatic carbocycles. The van der Waals surface area contributed by atoms with E-state index in [9.17, 15) is 4.79 Å². The van der Waals surface area contributed by atoms with Gasteiger partial charge in [0.15, 0.2) is 5.50 Å². The van der Waals surface area contributed by atoms with Crippen molar-refractivity contribution in [2.75, 3.05) is 5.32 Å². The van der Waals surface area contributed by atoms with Gasteiger partial charge in [-0.05, 0) is 50.0 Å². The van der Waals surface area contributed by atoms with E-state index in [1.54, 1.807) is 11.8 Å². The zero-order valence-electron chi connectivity index (χ0n) is 19.0. The predicted octanol–water partition coefficient (Wildman–Crippen LogP) is 6.38. The summed E-state index contributed by atoms with van der Waals surface area (Å²) in [7, 11) is 2.10. The number of hydrogen-bond donors (Lipinski definition) is 1. The van der Waals surface area contributed by atoms with Gasteiger partial charge in [-0.3, -0.25) is 4.79 Å². The second kappa shape index (κ2) is 8.70. The monoisotopic (exact) mass is 445 g/mol. The summed E-state index contributed by atoms with van der Waals surface area (Å²) in [5.74, 6) is 0.682. The van der Waals surface area contributed by atoms with Crippen LogP contribution in [0.3, 0.4) is 0 Å². The van der Waals surface area contributed by atoms with Crippen LogP contribution in [0.4, 0.5) is 5.69 Å². The van der Waals surface area contributed by atoms with Crippen LogP contribution in [-0.2, 0) is 11.8 Å². The molecule has 2 aromatic carbocycles. The van der Waals surface area contributed by atoms with Crippen LogP contribution in [0.25, 0.3) is 17.0 Å². The molecule has 5 heteroatoms. The number of nitrogens with one attached hydrogen (secondary N) is 1. The first-order valence-electron chi connectivity index (χ1n) is 11.6. The summed E-state index contributed by atoms with van der Waals surface area (Å²) >= 11 is 1.66. The number of aromatic nitrogens is 1. The van der Waals surface area contributed by atoms with E-state index in [2.05, 4.69) is 78.2 Å². The Morgan fingerprint density at radius 1 is 1.03 bits per heavy atom. The third-order valence-electron chi connectivity index (χ3n) is 7.15. The summed E-state index contributed by atoms with van der Waals surface area (Å²) < 4.78 is 2.21. The standard InChI is InChI=1S/C27H31N3OS/c1-18-11-7-9-15-23(18)30-26(31)25(32-27(30)28-20-12-5-4-6-13-20)17-22-19(2)29(3)24-16-10-8-14-21(22)24/h4-6,8,10,12-14,16-18,23,27-28H,7,9,11,15H2,1-3H3/b25-17-/t18-,23+,27?/m1/s1. The summed E-state index contributed by atoms with van der Waals surface area (Å²) in [6.07, 6.45) is 6.86. The molecule has 1 amide bonds. The Kier molecular flexibility index (Phi) is 5.76. The molecule has 4 nitrogen and oxygen atoms in total. The Bertz CT molecular complexity index is 1170. The van der Waals surface area contributed by atoms with E-state index in [1.165, 1.54) is 35.9 Å². The molecule has 3 atom stereocenters. The van der Waals surface area contributed by atoms with Crippen LogP contribution in [0.1, 0.15) is 43.9 Å². The Labute approximate surface area is 194 Å². The molecule has 1 saturated carbocycles. The zero-order chi connectivity index (χ0) is 22.2. The molecule has 3 aromatic rings. The summed E-state index contributed by atoms with van der Waals surface area (Å²) in [6.45, 7) is 4.44. The number of anilines is 1. The van der Waals surface area contributed by atoms with Crippen molar-refractivity contribution < 1.29 is 4.79 Å². The molecule has 0 bridgehead atoms. The van der Waals surface area contributed by atoms with E-state index in [1.807, 2.05) is 18.2 Å². The van der Waals surface area contributed by atoms with Gasteiger partial charge in [0, 0.05) is 40.9 Å². The molecule has 32 heavy (non-hydrogen) atoms. The number of carbonyl (C=O) groups is 1. The van der Waals surface area contributed by atoms with Crippen LogP contribution < -0.4 is 5.32 Å². The minimum Gasteiger partial charge on any atom is -0.356 e. The highest BCUT2D eigenvalue weighted by Crippen LogP contribution is 2.43. The van der Waals surface area contributed by atoms with Gasteiger partial charge in [0.25, 0.3) is 5.91 Å². The fourth-order valence-electron chi connectivity index (χ4n) is 5.23. The number of benzene rings is 2. The number of aryl methyl sites for hydroxylation is 1. The van der Waals surface area contributed by atoms with Crippen molar-refractivity contribution in [3.05, 3.63) is 70.8 Å². The first-order chi connectivity index (χ1) is 15.5. The second-order valence-electron chi connectivity index (χ2n) is 9.11. The minimum absolute atomic E-state index is 0.0861. The molecule has 1 aliphatic heterocycles. The number of rotatable bonds is 4. The van der Waals surface area contributed by atoms with E-state index in [-0.39, 0.29) is 17.4 Å². The molecule has 1 aromatic heterocycles. The van der Waals surface area contributed by atoms with Gasteiger partial charge in [-0.15, -0.1) is 0 Å². The zero-order valence-corrected chi connectivity index (χ0v) is 19.9. The molecule has 0 spiro atoms. The molecular weight excluding hydrogens is 414 g/mol. The maximum atomic E-state index is 13.8. The summed E-state index contributed by atoms with van der Waals surface area (Å²) in [4.78, 5) is 16.8. The van der Waals surface area contributed by atoms with E-state index in [0.717, 1.165) is 22.6 Å². The van der Waals surface area contributed by atoms with Crippen molar-refractivity contribution in [1.29, 1.82) is 0 Å². The normalized spacial score (nSPS) is 25.1. The highest BCUT2D eigenvalue weighted by atomic mass is 32.2. The molecular formula is C27H31N3OS. The Balaban J connectivity index is 1.54. The fourth-order valence-corrected chi connectivity index (χ4v) is 6.42. The van der Waals surface area contributed by atoms with Crippen molar-refractivity contribution in [2.45, 2.75) is 51.1 Å². The lowest BCUT2D eigenvalue weighted by Gasteiger charge is -2.39. The van der Waals surface area contributed by atoms with Crippen molar-refractivity contribution >= 4 is 40.3 Å². The molecule has 5 rings (SSSR count). The van der Waals surface area contributed by atoms with E-state index in [0.29, 0.717) is 5.92 Å². The van der Waals surface area contributed by atoms with Gasteiger partial charge in [-0.25, -0.2) is 0 Å². The number of para-hydroxylation sites is 2. The maximum Gasteiger partial charge on any atom is 0.262 e. The summed E-state index contributed by atoms with van der Waals surface area (Å²) in [5.41, 5.74) is 4.50. The average Bonchev–Trinajstić information content (AvgIpc) is 3.24. The smallest absolute Gasteiger partial charge is 0.262 e. The molecule has 2 heterocycles. The molecule has 1 unspecified atom stereocenters. The van der Waals surface area contributed by atoms with Crippen LogP contribution in [0, 0.1) is 12.8 Å². The molecule has 2 aliphatic rings. The minimum atomic E-state index is -0.0861. The lowest BCUT2D eigenvalue weighted by atomic mass is 9.85. The summed E-state index contributed by atoms with van der Waals surface area (Å²) in [5, 5.41) is 4.83. The lowest BCUT2D eigenvalue weighted by molar-refractivity contribution is -0.129. The maximum absolute atomic E-state index is 13.8. The number of thioether (sulfide) groups is 1. The van der Waals surface area contributed by atoms with Gasteiger partial charge in [0.05, 0.1) is 4.91 Å². The highest BCUT2D eigenvalue weighted by Gasteiger charge is 2.43. The van der Waals surface area contributed by atoms with Gasteiger partial charge in [-0.2, -0.15) is 0 Å². The van der Waals surface area contributed by atoms with Gasteiger partial charge < -0.3 is 14.8 Å². The highest BCUT2D eigenvalue weighted by molar-refractivity contribution is 8.05. The van der Waals surface area contributed by atoms with E-state index >= 15 is 0 Å². The summed E-state index contributed by atoms with van der Waals surface area (Å²) in [6, 6.07) is 19.0. The van der Waals surface area contributed by atoms with Crippen LogP contribution >= 0.6 is 11.8 Å². The number of nitrogens with zero attached hydrogens (tertiary/aromatic N) is 2. The topological polar surface area (TPSA) is 37.3 Å². The molecule has 1 N–H and O–H groups in total. The number of fused-ring (bicyclic) bond motifs is 1. The first-order valence-corrected chi connectivity index (χ1v) is 12.5. The van der Waals surface area contributed by atoms with Crippen LogP contribution in [-0.4, -0.2) is 26.9 Å². The average molecular weight is 446 g/mol. The first kappa shape index (κ1) is 21.2. The van der Waals surface area contributed by atoms with Gasteiger partial charge >= 0.3 is 0 Å². The van der Waals surface area contributed by atoms with Crippen molar-refractivity contribution in [3.63, 3.8) is 0 Å². The van der Waals surface area contributed by atoms with Gasteiger partial charge in [0.2, 0.25) is 0 Å². The van der Waals surface area contributed by atoms with Crippen LogP contribution in [0.2, 0.25) is 0 Å². The lowest BCUT2D eigenvalue weighted by Crippen LogP contribution is -2.48. The Hall–Kier alpha value is -2.66. The van der Waals surface area contributed by atoms with Gasteiger partial charge in [0.1, 0.15) is 0 Å². The third-order valence-corrected chi connectivity index (χ3v) is 8.26. The third kappa shape index (κ3) is 3.73. The Morgan fingerprint density at radius 3 is 2.53 bits per heavy atom. The van der Waals surface area contributed by atoms with Crippen molar-refractivity contribution in [3.8, 4) is 0 Å². The number of hydrogen-bond acceptors (Lipinski definition) is 3. The number of carbonyl (C=O) groups excluding carboxylic acids is 1. The van der Waals surface area contributed by atoms with Crippen molar-refractivity contribution in [2.24, 2.45) is 13.0 Å². The quantitative estimate of drug-likeness (QED) is 0.474. The Morgan fingerprint density at radius 2 is 1.75 bits per heavy atom. The number of amides is 1. The molecule has 1 saturated heterocycles. The predicted molar refractivity (Wildman–Crippen MR) is 135 cm³/mol. The van der Waals surface area contributed by atoms with Crippen molar-refractivity contribution in [1.82, 2.24) is 9.47 Å². The molecule has 2 fully saturated rings. The second-order valence-corrected chi connectivity index (χ2v) is 10.2. The largest absolute Gasteiger partial charge is 0.356 e. The SMILES string of the molecule is Cc1c(/C=C2\SC(Nc3ccccc3)N([C@H]3CCCC[C@H]3C)C2=O)c2ccccc2n1C. The van der Waals surface area contributed by atoms with Crippen LogP contribution in [0.15, 0.2) is 59.5 Å².